The van der Waals surface area contributed by atoms with Gasteiger partial charge in [0.15, 0.2) is 5.82 Å². The number of carbonyl (C=O) groups is 1. The van der Waals surface area contributed by atoms with Gasteiger partial charge in [0, 0.05) is 28.7 Å². The first kappa shape index (κ1) is 20.0. The van der Waals surface area contributed by atoms with E-state index in [1.165, 1.54) is 11.5 Å². The average molecular weight is 443 g/mol. The zero-order valence-electron chi connectivity index (χ0n) is 17.4. The average Bonchev–Trinajstić information content (AvgIpc) is 3.39. The van der Waals surface area contributed by atoms with Gasteiger partial charge >= 0.3 is 0 Å². The molecule has 5 aromatic rings. The highest BCUT2D eigenvalue weighted by Gasteiger charge is 2.20. The predicted octanol–water partition coefficient (Wildman–Crippen LogP) is 4.60. The molecule has 5 rings (SSSR count). The maximum absolute atomic E-state index is 13.1. The summed E-state index contributed by atoms with van der Waals surface area (Å²) in [5.74, 6) is 0.734. The summed E-state index contributed by atoms with van der Waals surface area (Å²) in [6, 6.07) is 15.0. The molecule has 3 aromatic heterocycles. The Balaban J connectivity index is 1.39. The van der Waals surface area contributed by atoms with Crippen LogP contribution in [0, 0.1) is 13.8 Å². The number of para-hydroxylation sites is 2. The van der Waals surface area contributed by atoms with Gasteiger partial charge in [-0.25, -0.2) is 4.98 Å². The van der Waals surface area contributed by atoms with Crippen LogP contribution in [-0.2, 0) is 6.42 Å². The van der Waals surface area contributed by atoms with Gasteiger partial charge in [-0.1, -0.05) is 23.4 Å². The molecule has 0 aliphatic carbocycles. The number of aryl methyl sites for hydroxylation is 2. The quantitative estimate of drug-likeness (QED) is 0.424. The van der Waals surface area contributed by atoms with Crippen LogP contribution in [-0.4, -0.2) is 30.4 Å². The van der Waals surface area contributed by atoms with E-state index < -0.39 is 0 Å². The Bertz CT molecular complexity index is 1440. The fraction of sp³-hybridized carbons (Fsp3) is 0.130. The Morgan fingerprint density at radius 3 is 2.72 bits per heavy atom. The minimum absolute atomic E-state index is 0.223. The molecule has 0 saturated heterocycles. The molecule has 0 saturated carbocycles. The second-order valence-corrected chi connectivity index (χ2v) is 8.13. The van der Waals surface area contributed by atoms with Gasteiger partial charge in [0.05, 0.1) is 28.0 Å². The van der Waals surface area contributed by atoms with Crippen LogP contribution < -0.4 is 5.32 Å². The third-order valence-corrected chi connectivity index (χ3v) is 5.83. The monoisotopic (exact) mass is 442 g/mol. The summed E-state index contributed by atoms with van der Waals surface area (Å²) in [6.07, 6.45) is 2.22. The van der Waals surface area contributed by atoms with Crippen molar-refractivity contribution in [1.29, 1.82) is 0 Å². The van der Waals surface area contributed by atoms with Crippen molar-refractivity contribution in [3.8, 4) is 11.5 Å². The lowest BCUT2D eigenvalue weighted by Crippen LogP contribution is -2.14. The van der Waals surface area contributed by atoms with E-state index in [2.05, 4.69) is 29.8 Å². The fourth-order valence-corrected chi connectivity index (χ4v) is 4.29. The van der Waals surface area contributed by atoms with Gasteiger partial charge in [-0.3, -0.25) is 9.78 Å². The smallest absolute Gasteiger partial charge is 0.258 e. The molecule has 1 N–H and O–H groups in total. The van der Waals surface area contributed by atoms with Crippen molar-refractivity contribution in [1.82, 2.24) is 24.5 Å². The van der Waals surface area contributed by atoms with Crippen LogP contribution >= 0.6 is 11.5 Å². The van der Waals surface area contributed by atoms with E-state index in [9.17, 15) is 4.79 Å². The number of fused-ring (bicyclic) bond motifs is 1. The second kappa shape index (κ2) is 8.27. The molecule has 8 nitrogen and oxygen atoms in total. The third-order valence-electron chi connectivity index (χ3n) is 4.90. The van der Waals surface area contributed by atoms with Crippen LogP contribution in [0.2, 0.25) is 0 Å². The normalized spacial score (nSPS) is 11.1. The van der Waals surface area contributed by atoms with E-state index in [-0.39, 0.29) is 5.91 Å². The Morgan fingerprint density at radius 2 is 1.91 bits per heavy atom. The van der Waals surface area contributed by atoms with E-state index >= 15 is 0 Å². The molecule has 3 heterocycles. The van der Waals surface area contributed by atoms with Gasteiger partial charge < -0.3 is 9.84 Å². The van der Waals surface area contributed by atoms with Crippen LogP contribution in [0.4, 0.5) is 5.69 Å². The van der Waals surface area contributed by atoms with E-state index in [4.69, 9.17) is 4.52 Å². The Labute approximate surface area is 187 Å². The number of carbonyl (C=O) groups excluding carboxylic acids is 1. The SMILES string of the molecule is Cc1noc(-c2cccc(NC(=O)c3c(C)nsc3Cc3cnc4ccccc4n3)c2)n1. The van der Waals surface area contributed by atoms with Crippen LogP contribution in [0.3, 0.4) is 0 Å². The first-order chi connectivity index (χ1) is 15.6. The summed E-state index contributed by atoms with van der Waals surface area (Å²) in [5, 5.41) is 6.77. The number of anilines is 1. The summed E-state index contributed by atoms with van der Waals surface area (Å²) in [5.41, 5.74) is 5.05. The van der Waals surface area contributed by atoms with Crippen LogP contribution in [0.15, 0.2) is 59.3 Å². The zero-order valence-corrected chi connectivity index (χ0v) is 18.2. The lowest BCUT2D eigenvalue weighted by molar-refractivity contribution is 0.102. The summed E-state index contributed by atoms with van der Waals surface area (Å²) >= 11 is 1.31. The van der Waals surface area contributed by atoms with Gasteiger partial charge in [0.2, 0.25) is 0 Å². The lowest BCUT2D eigenvalue weighted by Gasteiger charge is -2.08. The van der Waals surface area contributed by atoms with Gasteiger partial charge in [0.25, 0.3) is 11.8 Å². The molecule has 9 heteroatoms. The van der Waals surface area contributed by atoms with Crippen LogP contribution in [0.25, 0.3) is 22.5 Å². The molecular formula is C23H18N6O2S. The zero-order chi connectivity index (χ0) is 22.1. The summed E-state index contributed by atoms with van der Waals surface area (Å²) in [4.78, 5) is 27.4. The minimum Gasteiger partial charge on any atom is -0.334 e. The van der Waals surface area contributed by atoms with Crippen molar-refractivity contribution in [2.45, 2.75) is 20.3 Å². The van der Waals surface area contributed by atoms with Crippen molar-refractivity contribution < 1.29 is 9.32 Å². The van der Waals surface area contributed by atoms with E-state index in [1.54, 1.807) is 19.2 Å². The Hall–Kier alpha value is -3.98. The van der Waals surface area contributed by atoms with Crippen LogP contribution in [0.5, 0.6) is 0 Å². The first-order valence-corrected chi connectivity index (χ1v) is 10.7. The van der Waals surface area contributed by atoms with E-state index in [0.29, 0.717) is 35.1 Å². The van der Waals surface area contributed by atoms with Crippen LogP contribution in [0.1, 0.15) is 32.4 Å². The van der Waals surface area contributed by atoms with E-state index in [1.807, 2.05) is 49.4 Å². The highest BCUT2D eigenvalue weighted by molar-refractivity contribution is 7.06. The molecule has 0 bridgehead atoms. The lowest BCUT2D eigenvalue weighted by atomic mass is 10.1. The number of nitrogens with one attached hydrogen (secondary N) is 1. The van der Waals surface area contributed by atoms with Crippen molar-refractivity contribution in [2.75, 3.05) is 5.32 Å². The van der Waals surface area contributed by atoms with Gasteiger partial charge in [0.1, 0.15) is 0 Å². The standard InChI is InChI=1S/C23H18N6O2S/c1-13-21(20(32-29-13)11-17-12-24-18-8-3-4-9-19(18)26-17)22(30)27-16-7-5-6-15(10-16)23-25-14(2)28-31-23/h3-10,12H,11H2,1-2H3,(H,27,30). The topological polar surface area (TPSA) is 107 Å². The molecule has 1 amide bonds. The van der Waals surface area contributed by atoms with E-state index in [0.717, 1.165) is 27.2 Å². The maximum atomic E-state index is 13.1. The number of rotatable bonds is 5. The molecule has 2 aromatic carbocycles. The highest BCUT2D eigenvalue weighted by Crippen LogP contribution is 2.25. The maximum Gasteiger partial charge on any atom is 0.258 e. The molecule has 0 aliphatic rings. The Kier molecular flexibility index (Phi) is 5.16. The van der Waals surface area contributed by atoms with Crippen molar-refractivity contribution in [3.05, 3.63) is 82.4 Å². The molecule has 0 unspecified atom stereocenters. The molecule has 0 atom stereocenters. The largest absolute Gasteiger partial charge is 0.334 e. The highest BCUT2D eigenvalue weighted by atomic mass is 32.1. The molecule has 0 fully saturated rings. The van der Waals surface area contributed by atoms with Crippen molar-refractivity contribution >= 4 is 34.2 Å². The number of hydrogen-bond donors (Lipinski definition) is 1. The summed E-state index contributed by atoms with van der Waals surface area (Å²) in [6.45, 7) is 3.59. The number of amides is 1. The number of benzene rings is 2. The Morgan fingerprint density at radius 1 is 1.06 bits per heavy atom. The first-order valence-electron chi connectivity index (χ1n) is 9.95. The molecular weight excluding hydrogens is 424 g/mol. The third kappa shape index (κ3) is 3.97. The van der Waals surface area contributed by atoms with Crippen molar-refractivity contribution in [3.63, 3.8) is 0 Å². The number of nitrogens with zero attached hydrogens (tertiary/aromatic N) is 5. The molecule has 32 heavy (non-hydrogen) atoms. The molecule has 158 valence electrons. The minimum atomic E-state index is -0.223. The summed E-state index contributed by atoms with van der Waals surface area (Å²) < 4.78 is 9.63. The fourth-order valence-electron chi connectivity index (χ4n) is 3.41. The summed E-state index contributed by atoms with van der Waals surface area (Å²) in [7, 11) is 0. The number of aromatic nitrogens is 5. The van der Waals surface area contributed by atoms with Crippen molar-refractivity contribution in [2.24, 2.45) is 0 Å². The molecule has 0 spiro atoms. The second-order valence-electron chi connectivity index (χ2n) is 7.27. The predicted molar refractivity (Wildman–Crippen MR) is 122 cm³/mol. The van der Waals surface area contributed by atoms with Gasteiger partial charge in [-0.2, -0.15) is 9.36 Å². The van der Waals surface area contributed by atoms with Gasteiger partial charge in [-0.15, -0.1) is 0 Å². The van der Waals surface area contributed by atoms with Gasteiger partial charge in [-0.05, 0) is 55.7 Å². The molecule has 0 aliphatic heterocycles. The number of hydrogen-bond acceptors (Lipinski definition) is 8. The molecule has 0 radical (unpaired) electrons.